The Labute approximate surface area is 159 Å². The minimum absolute atomic E-state index is 0.500. The Morgan fingerprint density at radius 1 is 1.30 bits per heavy atom. The van der Waals surface area contributed by atoms with Gasteiger partial charge in [0.15, 0.2) is 11.5 Å². The number of aromatic nitrogens is 1. The molecule has 0 amide bonds. The molecule has 1 aliphatic rings. The maximum atomic E-state index is 5.89. The van der Waals surface area contributed by atoms with Crippen LogP contribution in [0.1, 0.15) is 22.8 Å². The highest BCUT2D eigenvalue weighted by Gasteiger charge is 2.20. The van der Waals surface area contributed by atoms with Crippen molar-refractivity contribution < 1.29 is 13.9 Å². The molecule has 0 saturated carbocycles. The molecule has 8 nitrogen and oxygen atoms in total. The van der Waals surface area contributed by atoms with Crippen LogP contribution in [0.4, 0.5) is 5.82 Å². The second-order valence-electron chi connectivity index (χ2n) is 6.43. The van der Waals surface area contributed by atoms with Gasteiger partial charge in [0.1, 0.15) is 29.6 Å². The Morgan fingerprint density at radius 2 is 2.07 bits per heavy atom. The van der Waals surface area contributed by atoms with Crippen molar-refractivity contribution in [1.29, 1.82) is 0 Å². The van der Waals surface area contributed by atoms with Crippen molar-refractivity contribution in [3.05, 3.63) is 41.0 Å². The van der Waals surface area contributed by atoms with Gasteiger partial charge in [0, 0.05) is 31.8 Å². The Hall–Kier alpha value is -2.58. The Kier molecular flexibility index (Phi) is 6.31. The van der Waals surface area contributed by atoms with E-state index in [9.17, 15) is 0 Å². The second-order valence-corrected chi connectivity index (χ2v) is 6.43. The third kappa shape index (κ3) is 4.58. The lowest BCUT2D eigenvalue weighted by Gasteiger charge is -2.28. The van der Waals surface area contributed by atoms with Gasteiger partial charge >= 0.3 is 0 Å². The summed E-state index contributed by atoms with van der Waals surface area (Å²) in [6.07, 6.45) is 0. The van der Waals surface area contributed by atoms with Crippen molar-refractivity contribution in [2.75, 3.05) is 51.4 Å². The second kappa shape index (κ2) is 8.88. The molecule has 0 bridgehead atoms. The maximum Gasteiger partial charge on any atom is 0.156 e. The molecule has 27 heavy (non-hydrogen) atoms. The van der Waals surface area contributed by atoms with E-state index in [1.165, 1.54) is 0 Å². The number of furan rings is 1. The fourth-order valence-corrected chi connectivity index (χ4v) is 2.87. The maximum absolute atomic E-state index is 5.89. The molecule has 1 saturated heterocycles. The van der Waals surface area contributed by atoms with E-state index in [2.05, 4.69) is 15.3 Å². The normalized spacial score (nSPS) is 15.2. The Morgan fingerprint density at radius 3 is 2.70 bits per heavy atom. The number of morpholine rings is 1. The van der Waals surface area contributed by atoms with E-state index in [-0.39, 0.29) is 0 Å². The number of nitrogens with zero attached hydrogens (tertiary/aromatic N) is 3. The molecule has 3 N–H and O–H groups in total. The summed E-state index contributed by atoms with van der Waals surface area (Å²) in [5.74, 6) is 8.67. The molecule has 0 unspecified atom stereocenters. The number of ether oxygens (including phenoxy) is 2. The average Bonchev–Trinajstić information content (AvgIpc) is 3.01. The first-order valence-corrected chi connectivity index (χ1v) is 9.10. The van der Waals surface area contributed by atoms with E-state index in [0.29, 0.717) is 37.0 Å². The number of nitrogens with one attached hydrogen (secondary N) is 1. The molecule has 0 aliphatic carbocycles. The minimum Gasteiger partial charge on any atom is -0.492 e. The smallest absolute Gasteiger partial charge is 0.156 e. The molecule has 146 valence electrons. The molecule has 1 aliphatic heterocycles. The summed E-state index contributed by atoms with van der Waals surface area (Å²) in [4.78, 5) is 6.95. The largest absolute Gasteiger partial charge is 0.492 e. The number of pyridine rings is 1. The predicted molar refractivity (Wildman–Crippen MR) is 105 cm³/mol. The number of likely N-dealkylation sites (N-methyl/N-ethyl adjacent to an activating group) is 1. The minimum atomic E-state index is 0.500. The average molecular weight is 373 g/mol. The molecule has 2 aromatic rings. The SMILES string of the molecule is CNCCOc1cc(C(=NN)c2cc(C)c(C)o2)nc(N2CCOCC2)c1. The van der Waals surface area contributed by atoms with Crippen LogP contribution in [0.5, 0.6) is 5.75 Å². The summed E-state index contributed by atoms with van der Waals surface area (Å²) in [7, 11) is 1.89. The molecular weight excluding hydrogens is 346 g/mol. The molecule has 0 spiro atoms. The zero-order valence-electron chi connectivity index (χ0n) is 16.1. The summed E-state index contributed by atoms with van der Waals surface area (Å²) in [5.41, 5.74) is 2.16. The first-order chi connectivity index (χ1) is 13.1. The Bertz CT molecular complexity index is 777. The van der Waals surface area contributed by atoms with Crippen LogP contribution in [-0.4, -0.2) is 57.2 Å². The lowest BCUT2D eigenvalue weighted by molar-refractivity contribution is 0.122. The topological polar surface area (TPSA) is 98.1 Å². The molecule has 0 aromatic carbocycles. The van der Waals surface area contributed by atoms with Crippen LogP contribution in [0.2, 0.25) is 0 Å². The van der Waals surface area contributed by atoms with Crippen molar-refractivity contribution in [2.45, 2.75) is 13.8 Å². The lowest BCUT2D eigenvalue weighted by atomic mass is 10.1. The molecular formula is C19H27N5O3. The van der Waals surface area contributed by atoms with Crippen molar-refractivity contribution in [3.63, 3.8) is 0 Å². The number of anilines is 1. The molecule has 0 radical (unpaired) electrons. The van der Waals surface area contributed by atoms with Crippen LogP contribution in [0, 0.1) is 13.8 Å². The third-order valence-electron chi connectivity index (χ3n) is 4.51. The molecule has 3 rings (SSSR count). The van der Waals surface area contributed by atoms with Gasteiger partial charge in [-0.25, -0.2) is 4.98 Å². The van der Waals surface area contributed by atoms with E-state index in [1.54, 1.807) is 0 Å². The van der Waals surface area contributed by atoms with Gasteiger partial charge < -0.3 is 30.0 Å². The van der Waals surface area contributed by atoms with Gasteiger partial charge in [0.05, 0.1) is 13.2 Å². The van der Waals surface area contributed by atoms with Crippen molar-refractivity contribution in [3.8, 4) is 5.75 Å². The molecule has 3 heterocycles. The monoisotopic (exact) mass is 373 g/mol. The number of nitrogens with two attached hydrogens (primary N) is 1. The van der Waals surface area contributed by atoms with Crippen molar-refractivity contribution in [1.82, 2.24) is 10.3 Å². The van der Waals surface area contributed by atoms with Gasteiger partial charge in [-0.15, -0.1) is 0 Å². The Balaban J connectivity index is 1.97. The third-order valence-corrected chi connectivity index (χ3v) is 4.51. The highest BCUT2D eigenvalue weighted by atomic mass is 16.5. The van der Waals surface area contributed by atoms with Crippen LogP contribution in [0.3, 0.4) is 0 Å². The molecule has 0 atom stereocenters. The van der Waals surface area contributed by atoms with Gasteiger partial charge in [0.2, 0.25) is 0 Å². The van der Waals surface area contributed by atoms with E-state index >= 15 is 0 Å². The van der Waals surface area contributed by atoms with Crippen LogP contribution >= 0.6 is 0 Å². The van der Waals surface area contributed by atoms with Crippen LogP contribution < -0.4 is 20.8 Å². The fourth-order valence-electron chi connectivity index (χ4n) is 2.87. The summed E-state index contributed by atoms with van der Waals surface area (Å²) in [5, 5.41) is 7.03. The number of hydrogen-bond donors (Lipinski definition) is 2. The number of hydrogen-bond acceptors (Lipinski definition) is 8. The summed E-state index contributed by atoms with van der Waals surface area (Å²) < 4.78 is 17.1. The predicted octanol–water partition coefficient (Wildman–Crippen LogP) is 1.44. The molecule has 8 heteroatoms. The van der Waals surface area contributed by atoms with Crippen molar-refractivity contribution in [2.24, 2.45) is 10.9 Å². The van der Waals surface area contributed by atoms with Crippen LogP contribution in [0.25, 0.3) is 0 Å². The standard InChI is InChI=1S/C19H27N5O3/c1-13-10-17(27-14(13)2)19(23-20)16-11-15(26-7-4-21-3)12-18(22-16)24-5-8-25-9-6-24/h10-12,21H,4-9,20H2,1-3H3. The highest BCUT2D eigenvalue weighted by Crippen LogP contribution is 2.25. The van der Waals surface area contributed by atoms with Gasteiger partial charge in [-0.2, -0.15) is 5.10 Å². The molecule has 1 fully saturated rings. The number of aryl methyl sites for hydroxylation is 2. The highest BCUT2D eigenvalue weighted by molar-refractivity contribution is 6.10. The van der Waals surface area contributed by atoms with E-state index in [4.69, 9.17) is 24.7 Å². The van der Waals surface area contributed by atoms with E-state index in [1.807, 2.05) is 39.1 Å². The van der Waals surface area contributed by atoms with E-state index in [0.717, 1.165) is 42.5 Å². The number of rotatable bonds is 7. The summed E-state index contributed by atoms with van der Waals surface area (Å²) in [6, 6.07) is 5.71. The van der Waals surface area contributed by atoms with Gasteiger partial charge in [-0.3, -0.25) is 0 Å². The first kappa shape index (κ1) is 19.2. The van der Waals surface area contributed by atoms with Gasteiger partial charge in [0.25, 0.3) is 0 Å². The quantitative estimate of drug-likeness (QED) is 0.328. The van der Waals surface area contributed by atoms with Gasteiger partial charge in [-0.1, -0.05) is 0 Å². The lowest BCUT2D eigenvalue weighted by Crippen LogP contribution is -2.37. The zero-order valence-corrected chi connectivity index (χ0v) is 16.1. The van der Waals surface area contributed by atoms with Crippen LogP contribution in [-0.2, 0) is 4.74 Å². The summed E-state index contributed by atoms with van der Waals surface area (Å²) in [6.45, 7) is 8.11. The molecule has 2 aromatic heterocycles. The van der Waals surface area contributed by atoms with E-state index < -0.39 is 0 Å². The zero-order chi connectivity index (χ0) is 19.2. The van der Waals surface area contributed by atoms with Crippen LogP contribution in [0.15, 0.2) is 27.7 Å². The number of hydrazone groups is 1. The summed E-state index contributed by atoms with van der Waals surface area (Å²) >= 11 is 0. The fraction of sp³-hybridized carbons (Fsp3) is 0.474. The first-order valence-electron chi connectivity index (χ1n) is 9.10. The van der Waals surface area contributed by atoms with Gasteiger partial charge in [-0.05, 0) is 32.5 Å². The van der Waals surface area contributed by atoms with Crippen molar-refractivity contribution >= 4 is 11.5 Å².